The number of halogens is 1. The molecule has 0 aromatic heterocycles. The van der Waals surface area contributed by atoms with Gasteiger partial charge >= 0.3 is 0 Å². The van der Waals surface area contributed by atoms with Crippen LogP contribution < -0.4 is 0 Å². The maximum absolute atomic E-state index is 6.03. The van der Waals surface area contributed by atoms with Gasteiger partial charge in [-0.1, -0.05) is 68.7 Å². The highest BCUT2D eigenvalue weighted by Gasteiger charge is 2.33. The highest BCUT2D eigenvalue weighted by molar-refractivity contribution is 6.30. The van der Waals surface area contributed by atoms with E-state index in [1.165, 1.54) is 63.4 Å². The lowest BCUT2D eigenvalue weighted by molar-refractivity contribution is 0.222. The van der Waals surface area contributed by atoms with E-state index in [2.05, 4.69) is 24.3 Å². The largest absolute Gasteiger partial charge is 0.0843 e. The fraction of sp³-hybridized carbons (Fsp3) is 0.611. The van der Waals surface area contributed by atoms with Gasteiger partial charge in [0, 0.05) is 10.9 Å². The molecule has 1 aromatic rings. The summed E-state index contributed by atoms with van der Waals surface area (Å²) in [4.78, 5) is 0. The molecule has 0 spiro atoms. The Hall–Kier alpha value is -0.490. The van der Waals surface area contributed by atoms with Crippen LogP contribution in [0.5, 0.6) is 0 Å². The highest BCUT2D eigenvalue weighted by Crippen LogP contribution is 2.45. The van der Waals surface area contributed by atoms with Crippen molar-refractivity contribution in [3.8, 4) is 0 Å². The molecule has 19 heavy (non-hydrogen) atoms. The van der Waals surface area contributed by atoms with Gasteiger partial charge in [0.05, 0.1) is 0 Å². The molecule has 2 aliphatic rings. The first-order valence-electron chi connectivity index (χ1n) is 7.96. The second kappa shape index (κ2) is 6.31. The van der Waals surface area contributed by atoms with Gasteiger partial charge in [0.1, 0.15) is 0 Å². The Morgan fingerprint density at radius 1 is 0.789 bits per heavy atom. The van der Waals surface area contributed by atoms with Crippen molar-refractivity contribution >= 4 is 11.6 Å². The van der Waals surface area contributed by atoms with Gasteiger partial charge in [0.25, 0.3) is 0 Å². The Balaban J connectivity index is 1.78. The standard InChI is InChI=1S/C18H24Cl/c19-16-12-10-15(11-13-16)18-9-5-4-8-17(18)14-6-2-1-3-7-14/h10-14,17H,1-9H2. The van der Waals surface area contributed by atoms with Crippen LogP contribution in [0, 0.1) is 17.8 Å². The predicted molar refractivity (Wildman–Crippen MR) is 82.3 cm³/mol. The lowest BCUT2D eigenvalue weighted by Gasteiger charge is -2.39. The van der Waals surface area contributed by atoms with Gasteiger partial charge in [0.2, 0.25) is 0 Å². The summed E-state index contributed by atoms with van der Waals surface area (Å²) in [5.41, 5.74) is 1.46. The smallest absolute Gasteiger partial charge is 0.0406 e. The van der Waals surface area contributed by atoms with Gasteiger partial charge in [0.15, 0.2) is 0 Å². The zero-order valence-electron chi connectivity index (χ0n) is 11.7. The first-order chi connectivity index (χ1) is 9.34. The van der Waals surface area contributed by atoms with E-state index in [1.54, 1.807) is 5.92 Å². The van der Waals surface area contributed by atoms with E-state index in [-0.39, 0.29) is 0 Å². The zero-order chi connectivity index (χ0) is 13.1. The topological polar surface area (TPSA) is 0 Å². The molecular formula is C18H24Cl. The molecule has 1 radical (unpaired) electrons. The highest BCUT2D eigenvalue weighted by atomic mass is 35.5. The van der Waals surface area contributed by atoms with Crippen molar-refractivity contribution < 1.29 is 0 Å². The first kappa shape index (κ1) is 13.5. The van der Waals surface area contributed by atoms with E-state index in [4.69, 9.17) is 11.6 Å². The minimum atomic E-state index is 0.856. The van der Waals surface area contributed by atoms with E-state index in [0.717, 1.165) is 16.9 Å². The summed E-state index contributed by atoms with van der Waals surface area (Å²) in [6.45, 7) is 0. The van der Waals surface area contributed by atoms with Crippen LogP contribution in [0.15, 0.2) is 24.3 Å². The van der Waals surface area contributed by atoms with Crippen molar-refractivity contribution in [1.29, 1.82) is 0 Å². The molecule has 0 bridgehead atoms. The minimum absolute atomic E-state index is 0.856. The Bertz CT molecular complexity index is 389. The third kappa shape index (κ3) is 3.16. The summed E-state index contributed by atoms with van der Waals surface area (Å²) in [5, 5.41) is 0.856. The fourth-order valence-corrected chi connectivity index (χ4v) is 4.24. The summed E-state index contributed by atoms with van der Waals surface area (Å²) >= 11 is 6.03. The van der Waals surface area contributed by atoms with Crippen LogP contribution in [0.3, 0.4) is 0 Å². The van der Waals surface area contributed by atoms with Crippen molar-refractivity contribution in [1.82, 2.24) is 0 Å². The summed E-state index contributed by atoms with van der Waals surface area (Å²) in [5.74, 6) is 3.55. The van der Waals surface area contributed by atoms with E-state index in [1.807, 2.05) is 0 Å². The molecule has 0 heterocycles. The monoisotopic (exact) mass is 275 g/mol. The molecule has 0 N–H and O–H groups in total. The summed E-state index contributed by atoms with van der Waals surface area (Å²) < 4.78 is 0. The zero-order valence-corrected chi connectivity index (χ0v) is 12.5. The molecule has 0 aliphatic heterocycles. The van der Waals surface area contributed by atoms with Crippen LogP contribution in [0.2, 0.25) is 5.02 Å². The molecule has 2 aliphatic carbocycles. The molecule has 2 saturated carbocycles. The van der Waals surface area contributed by atoms with Crippen LogP contribution in [0.4, 0.5) is 0 Å². The molecule has 2 fully saturated rings. The van der Waals surface area contributed by atoms with Crippen molar-refractivity contribution in [2.24, 2.45) is 11.8 Å². The third-order valence-electron chi connectivity index (χ3n) is 5.09. The molecule has 0 nitrogen and oxygen atoms in total. The van der Waals surface area contributed by atoms with Crippen LogP contribution in [-0.4, -0.2) is 0 Å². The molecule has 1 unspecified atom stereocenters. The molecule has 3 rings (SSSR count). The Morgan fingerprint density at radius 3 is 2.21 bits per heavy atom. The average molecular weight is 276 g/mol. The number of hydrogen-bond acceptors (Lipinski definition) is 0. The van der Waals surface area contributed by atoms with E-state index in [0.29, 0.717) is 0 Å². The van der Waals surface area contributed by atoms with Gasteiger partial charge in [-0.2, -0.15) is 0 Å². The van der Waals surface area contributed by atoms with Crippen molar-refractivity contribution in [2.45, 2.75) is 57.8 Å². The first-order valence-corrected chi connectivity index (χ1v) is 8.34. The lowest BCUT2D eigenvalue weighted by Crippen LogP contribution is -2.27. The number of hydrogen-bond donors (Lipinski definition) is 0. The third-order valence-corrected chi connectivity index (χ3v) is 5.34. The molecular weight excluding hydrogens is 252 g/mol. The molecule has 0 saturated heterocycles. The molecule has 1 aromatic carbocycles. The van der Waals surface area contributed by atoms with Gasteiger partial charge < -0.3 is 0 Å². The Labute approximate surface area is 122 Å². The maximum Gasteiger partial charge on any atom is 0.0406 e. The van der Waals surface area contributed by atoms with Crippen LogP contribution >= 0.6 is 11.6 Å². The summed E-state index contributed by atoms with van der Waals surface area (Å²) in [7, 11) is 0. The van der Waals surface area contributed by atoms with Crippen LogP contribution in [0.25, 0.3) is 0 Å². The van der Waals surface area contributed by atoms with Gasteiger partial charge in [-0.3, -0.25) is 0 Å². The van der Waals surface area contributed by atoms with Gasteiger partial charge in [-0.15, -0.1) is 0 Å². The maximum atomic E-state index is 6.03. The number of rotatable bonds is 2. The van der Waals surface area contributed by atoms with Crippen LogP contribution in [0.1, 0.15) is 63.4 Å². The summed E-state index contributed by atoms with van der Waals surface area (Å²) in [6.07, 6.45) is 12.8. The molecule has 103 valence electrons. The SMILES string of the molecule is Clc1ccc([C]2CCCCC2C2CCCCC2)cc1. The van der Waals surface area contributed by atoms with Crippen molar-refractivity contribution in [3.05, 3.63) is 40.8 Å². The molecule has 0 amide bonds. The average Bonchev–Trinajstić information content (AvgIpc) is 2.49. The van der Waals surface area contributed by atoms with Crippen LogP contribution in [-0.2, 0) is 0 Å². The number of benzene rings is 1. The normalized spacial score (nSPS) is 26.5. The van der Waals surface area contributed by atoms with E-state index >= 15 is 0 Å². The summed E-state index contributed by atoms with van der Waals surface area (Å²) in [6, 6.07) is 8.57. The lowest BCUT2D eigenvalue weighted by atomic mass is 9.66. The Kier molecular flexibility index (Phi) is 4.48. The second-order valence-corrected chi connectivity index (χ2v) is 6.72. The molecule has 1 heteroatoms. The van der Waals surface area contributed by atoms with Crippen molar-refractivity contribution in [3.63, 3.8) is 0 Å². The van der Waals surface area contributed by atoms with E-state index < -0.39 is 0 Å². The minimum Gasteiger partial charge on any atom is -0.0843 e. The second-order valence-electron chi connectivity index (χ2n) is 6.28. The predicted octanol–water partition coefficient (Wildman–Crippen LogP) is 6.03. The van der Waals surface area contributed by atoms with E-state index in [9.17, 15) is 0 Å². The van der Waals surface area contributed by atoms with Gasteiger partial charge in [-0.05, 0) is 42.4 Å². The quantitative estimate of drug-likeness (QED) is 0.618. The Morgan fingerprint density at radius 2 is 1.47 bits per heavy atom. The molecule has 1 atom stereocenters. The van der Waals surface area contributed by atoms with Crippen molar-refractivity contribution in [2.75, 3.05) is 0 Å². The van der Waals surface area contributed by atoms with Gasteiger partial charge in [-0.25, -0.2) is 0 Å². The fourth-order valence-electron chi connectivity index (χ4n) is 4.12.